The fourth-order valence-electron chi connectivity index (χ4n) is 1.23. The molecule has 0 unspecified atom stereocenters. The van der Waals surface area contributed by atoms with E-state index in [1.54, 1.807) is 6.92 Å². The Bertz CT molecular complexity index is 545. The zero-order valence-corrected chi connectivity index (χ0v) is 11.1. The van der Waals surface area contributed by atoms with Crippen LogP contribution in [0.4, 0.5) is 4.39 Å². The zero-order valence-electron chi connectivity index (χ0n) is 8.75. The van der Waals surface area contributed by atoms with E-state index in [0.717, 1.165) is 0 Å². The number of rotatable bonds is 2. The Morgan fingerprint density at radius 1 is 1.29 bits per heavy atom. The molecule has 0 atom stereocenters. The molecule has 6 heteroatoms. The van der Waals surface area contributed by atoms with Gasteiger partial charge in [-0.2, -0.15) is 4.98 Å². The number of benzene rings is 1. The van der Waals surface area contributed by atoms with Crippen molar-refractivity contribution in [2.24, 2.45) is 0 Å². The summed E-state index contributed by atoms with van der Waals surface area (Å²) >= 11 is 8.98. The molecule has 88 valence electrons. The van der Waals surface area contributed by atoms with E-state index in [2.05, 4.69) is 25.9 Å². The van der Waals surface area contributed by atoms with E-state index >= 15 is 0 Å². The van der Waals surface area contributed by atoms with Crippen LogP contribution in [-0.2, 0) is 0 Å². The highest BCUT2D eigenvalue weighted by molar-refractivity contribution is 9.10. The number of hydrogen-bond donors (Lipinski definition) is 0. The zero-order chi connectivity index (χ0) is 12.4. The second kappa shape index (κ2) is 4.98. The smallest absolute Gasteiger partial charge is 0.224 e. The first kappa shape index (κ1) is 12.3. The molecule has 0 aliphatic carbocycles. The van der Waals surface area contributed by atoms with Crippen LogP contribution in [-0.4, -0.2) is 9.97 Å². The summed E-state index contributed by atoms with van der Waals surface area (Å²) in [5.74, 6) is 0.933. The van der Waals surface area contributed by atoms with Gasteiger partial charge < -0.3 is 4.74 Å². The molecular formula is C11H7BrClFN2O. The van der Waals surface area contributed by atoms with E-state index in [1.165, 1.54) is 24.3 Å². The molecule has 0 saturated carbocycles. The third-order valence-corrected chi connectivity index (χ3v) is 2.70. The van der Waals surface area contributed by atoms with Crippen LogP contribution < -0.4 is 4.74 Å². The molecule has 0 aliphatic rings. The van der Waals surface area contributed by atoms with Crippen LogP contribution in [0.1, 0.15) is 5.82 Å². The summed E-state index contributed by atoms with van der Waals surface area (Å²) in [7, 11) is 0. The van der Waals surface area contributed by atoms with E-state index in [1.807, 2.05) is 0 Å². The number of ether oxygens (including phenoxy) is 1. The van der Waals surface area contributed by atoms with E-state index in [-0.39, 0.29) is 5.82 Å². The van der Waals surface area contributed by atoms with E-state index in [0.29, 0.717) is 27.1 Å². The van der Waals surface area contributed by atoms with Crippen molar-refractivity contribution in [1.82, 2.24) is 9.97 Å². The number of hydrogen-bond acceptors (Lipinski definition) is 3. The van der Waals surface area contributed by atoms with E-state index < -0.39 is 0 Å². The summed E-state index contributed by atoms with van der Waals surface area (Å²) in [6.07, 6.45) is 0. The predicted molar refractivity (Wildman–Crippen MR) is 66.0 cm³/mol. The summed E-state index contributed by atoms with van der Waals surface area (Å²) in [5, 5.41) is 0.297. The molecule has 1 aromatic carbocycles. The van der Waals surface area contributed by atoms with Crippen molar-refractivity contribution in [2.75, 3.05) is 0 Å². The average molecular weight is 318 g/mol. The second-order valence-electron chi connectivity index (χ2n) is 3.25. The molecule has 0 radical (unpaired) electrons. The lowest BCUT2D eigenvalue weighted by molar-refractivity contribution is 0.455. The Morgan fingerprint density at radius 3 is 2.71 bits per heavy atom. The van der Waals surface area contributed by atoms with Crippen LogP contribution in [0.3, 0.4) is 0 Å². The summed E-state index contributed by atoms with van der Waals surface area (Å²) in [4.78, 5) is 7.98. The summed E-state index contributed by atoms with van der Waals surface area (Å²) in [5.41, 5.74) is 0. The van der Waals surface area contributed by atoms with Crippen molar-refractivity contribution >= 4 is 27.5 Å². The minimum Gasteiger partial charge on any atom is -0.438 e. The first-order chi connectivity index (χ1) is 8.04. The maximum Gasteiger partial charge on any atom is 0.224 e. The quantitative estimate of drug-likeness (QED) is 0.781. The van der Waals surface area contributed by atoms with Crippen molar-refractivity contribution in [1.29, 1.82) is 0 Å². The van der Waals surface area contributed by atoms with Gasteiger partial charge in [-0.05, 0) is 41.1 Å². The van der Waals surface area contributed by atoms with Crippen LogP contribution in [0.15, 0.2) is 28.7 Å². The van der Waals surface area contributed by atoms with Gasteiger partial charge >= 0.3 is 0 Å². The third kappa shape index (κ3) is 3.14. The summed E-state index contributed by atoms with van der Waals surface area (Å²) in [6, 6.07) is 5.61. The Kier molecular flexibility index (Phi) is 3.59. The SMILES string of the molecule is Cc1nc(Cl)cc(Oc2ccc(F)cc2Br)n1. The van der Waals surface area contributed by atoms with Crippen LogP contribution in [0.2, 0.25) is 5.15 Å². The first-order valence-corrected chi connectivity index (χ1v) is 5.86. The van der Waals surface area contributed by atoms with Crippen molar-refractivity contribution < 1.29 is 9.13 Å². The van der Waals surface area contributed by atoms with Gasteiger partial charge in [0.05, 0.1) is 4.47 Å². The van der Waals surface area contributed by atoms with Gasteiger partial charge in [-0.1, -0.05) is 11.6 Å². The predicted octanol–water partition coefficient (Wildman–Crippen LogP) is 4.13. The second-order valence-corrected chi connectivity index (χ2v) is 4.49. The molecule has 2 rings (SSSR count). The molecule has 0 bridgehead atoms. The fraction of sp³-hybridized carbons (Fsp3) is 0.0909. The Labute approximate surface area is 111 Å². The molecule has 17 heavy (non-hydrogen) atoms. The van der Waals surface area contributed by atoms with Gasteiger partial charge in [0, 0.05) is 6.07 Å². The lowest BCUT2D eigenvalue weighted by atomic mass is 10.3. The minimum atomic E-state index is -0.346. The Balaban J connectivity index is 2.31. The maximum absolute atomic E-state index is 12.9. The van der Waals surface area contributed by atoms with Gasteiger partial charge in [-0.3, -0.25) is 0 Å². The highest BCUT2D eigenvalue weighted by Crippen LogP contribution is 2.29. The Hall–Kier alpha value is -1.20. The molecule has 0 N–H and O–H groups in total. The minimum absolute atomic E-state index is 0.297. The van der Waals surface area contributed by atoms with Crippen molar-refractivity contribution in [2.45, 2.75) is 6.92 Å². The van der Waals surface area contributed by atoms with Crippen LogP contribution >= 0.6 is 27.5 Å². The van der Waals surface area contributed by atoms with Crippen LogP contribution in [0.5, 0.6) is 11.6 Å². The molecule has 3 nitrogen and oxygen atoms in total. The largest absolute Gasteiger partial charge is 0.438 e. The molecule has 1 heterocycles. The van der Waals surface area contributed by atoms with Crippen molar-refractivity contribution in [3.63, 3.8) is 0 Å². The third-order valence-electron chi connectivity index (χ3n) is 1.89. The van der Waals surface area contributed by atoms with E-state index in [4.69, 9.17) is 16.3 Å². The summed E-state index contributed by atoms with van der Waals surface area (Å²) in [6.45, 7) is 1.71. The molecule has 0 saturated heterocycles. The number of halogens is 3. The summed E-state index contributed by atoms with van der Waals surface area (Å²) < 4.78 is 18.9. The van der Waals surface area contributed by atoms with Gasteiger partial charge in [0.15, 0.2) is 0 Å². The van der Waals surface area contributed by atoms with Gasteiger partial charge in [-0.15, -0.1) is 0 Å². The lowest BCUT2D eigenvalue weighted by Crippen LogP contribution is -1.94. The first-order valence-electron chi connectivity index (χ1n) is 4.69. The molecule has 1 aromatic heterocycles. The monoisotopic (exact) mass is 316 g/mol. The highest BCUT2D eigenvalue weighted by atomic mass is 79.9. The normalized spacial score (nSPS) is 10.4. The molecule has 2 aromatic rings. The molecule has 0 amide bonds. The molecule has 0 spiro atoms. The van der Waals surface area contributed by atoms with Crippen LogP contribution in [0.25, 0.3) is 0 Å². The van der Waals surface area contributed by atoms with Gasteiger partial charge in [-0.25, -0.2) is 9.37 Å². The molecular weight excluding hydrogens is 310 g/mol. The molecule has 0 fully saturated rings. The standard InChI is InChI=1S/C11H7BrClFN2O/c1-6-15-10(13)5-11(16-6)17-9-3-2-7(14)4-8(9)12/h2-5H,1H3. The fourth-order valence-corrected chi connectivity index (χ4v) is 1.88. The van der Waals surface area contributed by atoms with Crippen molar-refractivity contribution in [3.05, 3.63) is 45.5 Å². The number of aryl methyl sites for hydroxylation is 1. The van der Waals surface area contributed by atoms with Gasteiger partial charge in [0.1, 0.15) is 22.5 Å². The van der Waals surface area contributed by atoms with Crippen LogP contribution in [0, 0.1) is 12.7 Å². The number of nitrogens with zero attached hydrogens (tertiary/aromatic N) is 2. The van der Waals surface area contributed by atoms with E-state index in [9.17, 15) is 4.39 Å². The lowest BCUT2D eigenvalue weighted by Gasteiger charge is -2.07. The average Bonchev–Trinajstić information content (AvgIpc) is 2.21. The topological polar surface area (TPSA) is 35.0 Å². The van der Waals surface area contributed by atoms with Gasteiger partial charge in [0.2, 0.25) is 5.88 Å². The number of aromatic nitrogens is 2. The highest BCUT2D eigenvalue weighted by Gasteiger charge is 2.06. The Morgan fingerprint density at radius 2 is 2.06 bits per heavy atom. The van der Waals surface area contributed by atoms with Gasteiger partial charge in [0.25, 0.3) is 0 Å². The maximum atomic E-state index is 12.9. The molecule has 0 aliphatic heterocycles. The van der Waals surface area contributed by atoms with Crippen molar-refractivity contribution in [3.8, 4) is 11.6 Å².